The number of hydrogen-bond donors (Lipinski definition) is 1. The number of nitrogens with zero attached hydrogens (tertiary/aromatic N) is 3. The maximum Gasteiger partial charge on any atom is 0.293 e. The second-order valence-electron chi connectivity index (χ2n) is 6.48. The lowest BCUT2D eigenvalue weighted by Crippen LogP contribution is -2.24. The minimum absolute atomic E-state index is 0.0282. The molecule has 0 bridgehead atoms. The number of nitro benzene ring substituents is 1. The molecule has 0 unspecified atom stereocenters. The number of nitrogens with one attached hydrogen (secondary N) is 1. The van der Waals surface area contributed by atoms with Crippen molar-refractivity contribution >= 4 is 71.3 Å². The molecule has 30 heavy (non-hydrogen) atoms. The van der Waals surface area contributed by atoms with Gasteiger partial charge in [0.2, 0.25) is 0 Å². The van der Waals surface area contributed by atoms with Crippen LogP contribution >= 0.6 is 47.8 Å². The number of halogens is 3. The second-order valence-corrected chi connectivity index (χ2v) is 9.10. The van der Waals surface area contributed by atoms with Crippen LogP contribution in [0, 0.1) is 10.1 Å². The van der Waals surface area contributed by atoms with E-state index < -0.39 is 10.8 Å². The molecule has 0 aromatic heterocycles. The minimum atomic E-state index is -0.462. The van der Waals surface area contributed by atoms with E-state index in [1.165, 1.54) is 12.3 Å². The summed E-state index contributed by atoms with van der Waals surface area (Å²) in [7, 11) is 0. The Bertz CT molecular complexity index is 971. The molecule has 0 saturated carbocycles. The molecular formula is C19H17Br3N4O4. The van der Waals surface area contributed by atoms with E-state index in [1.807, 2.05) is 4.90 Å². The van der Waals surface area contributed by atoms with Crippen LogP contribution in [0.2, 0.25) is 0 Å². The highest BCUT2D eigenvalue weighted by Gasteiger charge is 2.22. The standard InChI is InChI=1S/C19H17Br3N4O4/c20-13-8-14(21)19(15(22)9-13)30-11-18(27)24-23-10-12-3-4-16(17(7-12)26(28)29)25-5-1-2-6-25/h3-4,7-10H,1-2,5-6,11H2,(H,24,27)/b23-10-. The zero-order chi connectivity index (χ0) is 21.7. The van der Waals surface area contributed by atoms with E-state index in [1.54, 1.807) is 24.3 Å². The summed E-state index contributed by atoms with van der Waals surface area (Å²) in [6, 6.07) is 8.51. The van der Waals surface area contributed by atoms with Crippen LogP contribution in [0.3, 0.4) is 0 Å². The highest BCUT2D eigenvalue weighted by molar-refractivity contribution is 9.11. The Morgan fingerprint density at radius 1 is 1.20 bits per heavy atom. The third-order valence-corrected chi connectivity index (χ3v) is 5.99. The van der Waals surface area contributed by atoms with Crippen LogP contribution in [0.5, 0.6) is 5.75 Å². The smallest absolute Gasteiger partial charge is 0.293 e. The molecule has 0 atom stereocenters. The van der Waals surface area contributed by atoms with Gasteiger partial charge in [-0.3, -0.25) is 14.9 Å². The first kappa shape index (κ1) is 22.7. The van der Waals surface area contributed by atoms with Gasteiger partial charge < -0.3 is 9.64 Å². The Balaban J connectivity index is 1.60. The summed E-state index contributed by atoms with van der Waals surface area (Å²) in [5, 5.41) is 15.3. The Hall–Kier alpha value is -1.98. The van der Waals surface area contributed by atoms with Gasteiger partial charge in [0.1, 0.15) is 11.4 Å². The number of carbonyl (C=O) groups excluding carboxylic acids is 1. The van der Waals surface area contributed by atoms with Crippen molar-refractivity contribution in [2.24, 2.45) is 5.10 Å². The van der Waals surface area contributed by atoms with E-state index in [2.05, 4.69) is 58.3 Å². The third-order valence-electron chi connectivity index (χ3n) is 4.36. The molecule has 1 aliphatic heterocycles. The van der Waals surface area contributed by atoms with Gasteiger partial charge in [-0.1, -0.05) is 22.0 Å². The molecule has 1 aliphatic rings. The molecule has 158 valence electrons. The molecule has 1 amide bonds. The average Bonchev–Trinajstić information content (AvgIpc) is 3.21. The number of anilines is 1. The summed E-state index contributed by atoms with van der Waals surface area (Å²) in [5.74, 6) is 0.0293. The van der Waals surface area contributed by atoms with Gasteiger partial charge in [0, 0.05) is 29.2 Å². The van der Waals surface area contributed by atoms with Crippen LogP contribution in [-0.2, 0) is 4.79 Å². The van der Waals surface area contributed by atoms with Crippen molar-refractivity contribution < 1.29 is 14.5 Å². The summed E-state index contributed by atoms with van der Waals surface area (Å²) >= 11 is 10.1. The second kappa shape index (κ2) is 10.4. The van der Waals surface area contributed by atoms with Crippen molar-refractivity contribution in [1.82, 2.24) is 5.43 Å². The number of nitro groups is 1. The van der Waals surface area contributed by atoms with E-state index in [4.69, 9.17) is 4.74 Å². The van der Waals surface area contributed by atoms with Crippen molar-refractivity contribution in [3.63, 3.8) is 0 Å². The molecule has 1 N–H and O–H groups in total. The highest BCUT2D eigenvalue weighted by atomic mass is 79.9. The lowest BCUT2D eigenvalue weighted by atomic mass is 10.1. The van der Waals surface area contributed by atoms with Crippen LogP contribution in [0.4, 0.5) is 11.4 Å². The van der Waals surface area contributed by atoms with E-state index in [-0.39, 0.29) is 12.3 Å². The first-order valence-electron chi connectivity index (χ1n) is 8.98. The first-order valence-corrected chi connectivity index (χ1v) is 11.4. The molecule has 11 heteroatoms. The SMILES string of the molecule is O=C(COc1c(Br)cc(Br)cc1Br)N/N=C\c1ccc(N2CCCC2)c([N+](=O)[O-])c1. The monoisotopic (exact) mass is 602 g/mol. The van der Waals surface area contributed by atoms with Gasteiger partial charge in [-0.05, 0) is 62.9 Å². The quantitative estimate of drug-likeness (QED) is 0.272. The fraction of sp³-hybridized carbons (Fsp3) is 0.263. The largest absolute Gasteiger partial charge is 0.481 e. The molecule has 1 heterocycles. The van der Waals surface area contributed by atoms with Crippen LogP contribution in [-0.4, -0.2) is 36.7 Å². The molecule has 1 fully saturated rings. The molecule has 2 aromatic carbocycles. The van der Waals surface area contributed by atoms with Gasteiger partial charge in [0.25, 0.3) is 11.6 Å². The maximum atomic E-state index is 12.0. The van der Waals surface area contributed by atoms with Crippen molar-refractivity contribution in [2.45, 2.75) is 12.8 Å². The van der Waals surface area contributed by atoms with Crippen molar-refractivity contribution in [3.8, 4) is 5.75 Å². The molecule has 3 rings (SSSR count). The zero-order valence-electron chi connectivity index (χ0n) is 15.6. The van der Waals surface area contributed by atoms with Crippen LogP contribution in [0.25, 0.3) is 0 Å². The van der Waals surface area contributed by atoms with E-state index >= 15 is 0 Å². The molecule has 1 saturated heterocycles. The van der Waals surface area contributed by atoms with Crippen LogP contribution in [0.1, 0.15) is 18.4 Å². The number of rotatable bonds is 7. The van der Waals surface area contributed by atoms with Gasteiger partial charge >= 0.3 is 0 Å². The molecular weight excluding hydrogens is 588 g/mol. The average molecular weight is 605 g/mol. The first-order chi connectivity index (χ1) is 14.3. The fourth-order valence-corrected chi connectivity index (χ4v) is 5.50. The van der Waals surface area contributed by atoms with Crippen molar-refractivity contribution in [1.29, 1.82) is 0 Å². The molecule has 0 aliphatic carbocycles. The third kappa shape index (κ3) is 5.79. The lowest BCUT2D eigenvalue weighted by Gasteiger charge is -2.17. The Morgan fingerprint density at radius 3 is 2.50 bits per heavy atom. The Labute approximate surface area is 198 Å². The molecule has 0 spiro atoms. The lowest BCUT2D eigenvalue weighted by molar-refractivity contribution is -0.384. The van der Waals surface area contributed by atoms with Crippen LogP contribution < -0.4 is 15.1 Å². The topological polar surface area (TPSA) is 97.1 Å². The summed E-state index contributed by atoms with van der Waals surface area (Å²) in [4.78, 5) is 25.1. The van der Waals surface area contributed by atoms with E-state index in [9.17, 15) is 14.9 Å². The number of benzene rings is 2. The van der Waals surface area contributed by atoms with Gasteiger partial charge in [-0.15, -0.1) is 0 Å². The summed E-state index contributed by atoms with van der Waals surface area (Å²) in [6.45, 7) is 1.38. The number of hydrogen-bond acceptors (Lipinski definition) is 6. The Morgan fingerprint density at radius 2 is 1.87 bits per heavy atom. The predicted molar refractivity (Wildman–Crippen MR) is 125 cm³/mol. The number of ether oxygens (including phenoxy) is 1. The van der Waals surface area contributed by atoms with E-state index in [0.29, 0.717) is 25.9 Å². The molecule has 8 nitrogen and oxygen atoms in total. The van der Waals surface area contributed by atoms with Gasteiger partial charge in [0.15, 0.2) is 6.61 Å². The van der Waals surface area contributed by atoms with Crippen LogP contribution in [0.15, 0.2) is 48.9 Å². The molecule has 2 aromatic rings. The summed E-state index contributed by atoms with van der Waals surface area (Å²) < 4.78 is 7.74. The zero-order valence-corrected chi connectivity index (χ0v) is 20.4. The number of hydrazone groups is 1. The molecule has 0 radical (unpaired) electrons. The highest BCUT2D eigenvalue weighted by Crippen LogP contribution is 2.36. The summed E-state index contributed by atoms with van der Waals surface area (Å²) in [5.41, 5.74) is 3.51. The normalized spacial score (nSPS) is 13.6. The van der Waals surface area contributed by atoms with Crippen molar-refractivity contribution in [2.75, 3.05) is 24.6 Å². The number of carbonyl (C=O) groups is 1. The minimum Gasteiger partial charge on any atom is -0.481 e. The predicted octanol–water partition coefficient (Wildman–Crippen LogP) is 5.01. The van der Waals surface area contributed by atoms with Gasteiger partial charge in [0.05, 0.1) is 20.1 Å². The van der Waals surface area contributed by atoms with E-state index in [0.717, 1.165) is 30.4 Å². The Kier molecular flexibility index (Phi) is 7.84. The van der Waals surface area contributed by atoms with Crippen molar-refractivity contribution in [3.05, 3.63) is 59.4 Å². The summed E-state index contributed by atoms with van der Waals surface area (Å²) in [6.07, 6.45) is 3.42. The fourth-order valence-electron chi connectivity index (χ4n) is 3.01. The number of amides is 1. The maximum absolute atomic E-state index is 12.0. The van der Waals surface area contributed by atoms with Gasteiger partial charge in [-0.25, -0.2) is 5.43 Å². The van der Waals surface area contributed by atoms with Gasteiger partial charge in [-0.2, -0.15) is 5.10 Å².